The number of rotatable bonds is 2. The Morgan fingerprint density at radius 2 is 2.06 bits per heavy atom. The van der Waals surface area contributed by atoms with Crippen LogP contribution in [0.3, 0.4) is 0 Å². The number of carbonyl (C=O) groups excluding carboxylic acids is 1. The molecule has 1 aromatic carbocycles. The summed E-state index contributed by atoms with van der Waals surface area (Å²) in [4.78, 5) is 11.4. The number of aliphatic hydroxyl groups is 1. The fourth-order valence-electron chi connectivity index (χ4n) is 1.20. The summed E-state index contributed by atoms with van der Waals surface area (Å²) in [6, 6.07) is 4.46. The van der Waals surface area contributed by atoms with Crippen molar-refractivity contribution in [3.8, 4) is 5.75 Å². The molecule has 0 unspecified atom stereocenters. The van der Waals surface area contributed by atoms with Crippen LogP contribution in [0.15, 0.2) is 18.2 Å². The summed E-state index contributed by atoms with van der Waals surface area (Å²) in [5.41, 5.74) is 0.241. The average Bonchev–Trinajstić information content (AvgIpc) is 2.14. The van der Waals surface area contributed by atoms with Crippen molar-refractivity contribution in [1.29, 1.82) is 0 Å². The van der Waals surface area contributed by atoms with E-state index in [1.807, 2.05) is 0 Å². The van der Waals surface area contributed by atoms with Crippen LogP contribution in [0.2, 0.25) is 0 Å². The molecule has 0 fully saturated rings. The van der Waals surface area contributed by atoms with Crippen molar-refractivity contribution in [3.05, 3.63) is 23.8 Å². The standard InChI is InChI=1S/C12H17NO4/c1-12(2,3)17-11(16)13-9-5-4-8(7-14)10(15)6-9/h4-6,14-15H,7H2,1-3H3,(H,13,16). The van der Waals surface area contributed by atoms with E-state index in [0.717, 1.165) is 0 Å². The Balaban J connectivity index is 2.69. The number of aromatic hydroxyl groups is 1. The third kappa shape index (κ3) is 4.32. The molecule has 0 heterocycles. The lowest BCUT2D eigenvalue weighted by molar-refractivity contribution is 0.0636. The quantitative estimate of drug-likeness (QED) is 0.739. The van der Waals surface area contributed by atoms with Gasteiger partial charge < -0.3 is 14.9 Å². The van der Waals surface area contributed by atoms with E-state index in [9.17, 15) is 9.90 Å². The van der Waals surface area contributed by atoms with E-state index in [4.69, 9.17) is 9.84 Å². The highest BCUT2D eigenvalue weighted by Gasteiger charge is 2.16. The number of amides is 1. The molecule has 5 heteroatoms. The molecule has 17 heavy (non-hydrogen) atoms. The Hall–Kier alpha value is -1.75. The average molecular weight is 239 g/mol. The van der Waals surface area contributed by atoms with Crippen LogP contribution in [0.1, 0.15) is 26.3 Å². The highest BCUT2D eigenvalue weighted by Crippen LogP contribution is 2.22. The highest BCUT2D eigenvalue weighted by molar-refractivity contribution is 5.85. The van der Waals surface area contributed by atoms with Crippen LogP contribution in [0, 0.1) is 0 Å². The smallest absolute Gasteiger partial charge is 0.412 e. The van der Waals surface area contributed by atoms with Gasteiger partial charge in [0.15, 0.2) is 0 Å². The number of nitrogens with one attached hydrogen (secondary N) is 1. The molecule has 0 aliphatic rings. The number of hydrogen-bond acceptors (Lipinski definition) is 4. The Morgan fingerprint density at radius 1 is 1.41 bits per heavy atom. The Kier molecular flexibility index (Phi) is 3.96. The number of aliphatic hydroxyl groups excluding tert-OH is 1. The molecule has 94 valence electrons. The van der Waals surface area contributed by atoms with E-state index < -0.39 is 11.7 Å². The van der Waals surface area contributed by atoms with Crippen molar-refractivity contribution in [2.45, 2.75) is 33.0 Å². The van der Waals surface area contributed by atoms with Crippen molar-refractivity contribution >= 4 is 11.8 Å². The molecule has 3 N–H and O–H groups in total. The highest BCUT2D eigenvalue weighted by atomic mass is 16.6. The molecule has 0 aliphatic heterocycles. The fourth-order valence-corrected chi connectivity index (χ4v) is 1.20. The summed E-state index contributed by atoms with van der Waals surface area (Å²) in [6.07, 6.45) is -0.589. The Labute approximate surface area is 100 Å². The molecule has 0 saturated carbocycles. The molecule has 0 aliphatic carbocycles. The number of hydrogen-bond donors (Lipinski definition) is 3. The predicted molar refractivity (Wildman–Crippen MR) is 63.9 cm³/mol. The van der Waals surface area contributed by atoms with Gasteiger partial charge in [0.25, 0.3) is 0 Å². The molecule has 0 spiro atoms. The SMILES string of the molecule is CC(C)(C)OC(=O)Nc1ccc(CO)c(O)c1. The van der Waals surface area contributed by atoms with Gasteiger partial charge in [-0.15, -0.1) is 0 Å². The minimum Gasteiger partial charge on any atom is -0.508 e. The number of benzene rings is 1. The molecule has 0 atom stereocenters. The molecule has 0 saturated heterocycles. The summed E-state index contributed by atoms with van der Waals surface area (Å²) in [7, 11) is 0. The topological polar surface area (TPSA) is 78.8 Å². The number of anilines is 1. The van der Waals surface area contributed by atoms with Crippen molar-refractivity contribution in [3.63, 3.8) is 0 Å². The minimum absolute atomic E-state index is 0.0685. The van der Waals surface area contributed by atoms with Crippen LogP contribution in [-0.4, -0.2) is 21.9 Å². The summed E-state index contributed by atoms with van der Waals surface area (Å²) in [6.45, 7) is 5.04. The molecular formula is C12H17NO4. The van der Waals surface area contributed by atoms with Crippen LogP contribution < -0.4 is 5.32 Å². The first kappa shape index (κ1) is 13.3. The second kappa shape index (κ2) is 5.05. The fraction of sp³-hybridized carbons (Fsp3) is 0.417. The maximum absolute atomic E-state index is 11.4. The van der Waals surface area contributed by atoms with Crippen LogP contribution in [0.4, 0.5) is 10.5 Å². The van der Waals surface area contributed by atoms with Gasteiger partial charge in [-0.25, -0.2) is 4.79 Å². The maximum Gasteiger partial charge on any atom is 0.412 e. The summed E-state index contributed by atoms with van der Waals surface area (Å²) in [5.74, 6) is -0.0685. The lowest BCUT2D eigenvalue weighted by Gasteiger charge is -2.19. The number of ether oxygens (including phenoxy) is 1. The maximum atomic E-state index is 11.4. The molecule has 0 aromatic heterocycles. The normalized spacial score (nSPS) is 11.1. The molecule has 5 nitrogen and oxygen atoms in total. The van der Waals surface area contributed by atoms with Crippen molar-refractivity contribution < 1.29 is 19.7 Å². The molecule has 1 rings (SSSR count). The van der Waals surface area contributed by atoms with E-state index in [1.165, 1.54) is 12.1 Å². The van der Waals surface area contributed by atoms with E-state index in [-0.39, 0.29) is 12.4 Å². The van der Waals surface area contributed by atoms with E-state index in [1.54, 1.807) is 26.8 Å². The lowest BCUT2D eigenvalue weighted by Crippen LogP contribution is -2.27. The first-order chi connectivity index (χ1) is 7.81. The summed E-state index contributed by atoms with van der Waals surface area (Å²) >= 11 is 0. The Morgan fingerprint density at radius 3 is 2.53 bits per heavy atom. The zero-order chi connectivity index (χ0) is 13.1. The Bertz CT molecular complexity index is 409. The van der Waals surface area contributed by atoms with Gasteiger partial charge in [-0.1, -0.05) is 6.07 Å². The molecule has 0 bridgehead atoms. The van der Waals surface area contributed by atoms with Crippen molar-refractivity contribution in [2.75, 3.05) is 5.32 Å². The third-order valence-corrected chi connectivity index (χ3v) is 1.90. The molecule has 1 aromatic rings. The zero-order valence-electron chi connectivity index (χ0n) is 10.2. The van der Waals surface area contributed by atoms with Crippen LogP contribution in [-0.2, 0) is 11.3 Å². The third-order valence-electron chi connectivity index (χ3n) is 1.90. The largest absolute Gasteiger partial charge is 0.508 e. The van der Waals surface area contributed by atoms with Gasteiger partial charge in [0.1, 0.15) is 11.4 Å². The van der Waals surface area contributed by atoms with E-state index in [2.05, 4.69) is 5.32 Å². The van der Waals surface area contributed by atoms with Gasteiger partial charge in [-0.2, -0.15) is 0 Å². The van der Waals surface area contributed by atoms with Gasteiger partial charge >= 0.3 is 6.09 Å². The molecular weight excluding hydrogens is 222 g/mol. The first-order valence-electron chi connectivity index (χ1n) is 5.24. The monoisotopic (exact) mass is 239 g/mol. The zero-order valence-corrected chi connectivity index (χ0v) is 10.2. The van der Waals surface area contributed by atoms with Crippen molar-refractivity contribution in [1.82, 2.24) is 0 Å². The summed E-state index contributed by atoms with van der Waals surface area (Å²) < 4.78 is 5.06. The van der Waals surface area contributed by atoms with E-state index >= 15 is 0 Å². The van der Waals surface area contributed by atoms with Crippen LogP contribution in [0.25, 0.3) is 0 Å². The number of carbonyl (C=O) groups is 1. The van der Waals surface area contributed by atoms with Gasteiger partial charge in [-0.3, -0.25) is 5.32 Å². The van der Waals surface area contributed by atoms with Crippen LogP contribution >= 0.6 is 0 Å². The second-order valence-electron chi connectivity index (χ2n) is 4.63. The number of phenols is 1. The van der Waals surface area contributed by atoms with Crippen LogP contribution in [0.5, 0.6) is 5.75 Å². The predicted octanol–water partition coefficient (Wildman–Crippen LogP) is 2.23. The molecule has 1 amide bonds. The second-order valence-corrected chi connectivity index (χ2v) is 4.63. The van der Waals surface area contributed by atoms with Gasteiger partial charge in [-0.05, 0) is 26.8 Å². The first-order valence-corrected chi connectivity index (χ1v) is 5.24. The van der Waals surface area contributed by atoms with Crippen molar-refractivity contribution in [2.24, 2.45) is 0 Å². The van der Waals surface area contributed by atoms with Gasteiger partial charge in [0.05, 0.1) is 6.61 Å². The lowest BCUT2D eigenvalue weighted by atomic mass is 10.2. The summed E-state index contributed by atoms with van der Waals surface area (Å²) in [5, 5.41) is 20.8. The van der Waals surface area contributed by atoms with Gasteiger partial charge in [0.2, 0.25) is 0 Å². The van der Waals surface area contributed by atoms with Gasteiger partial charge in [0, 0.05) is 17.3 Å². The minimum atomic E-state index is -0.589. The van der Waals surface area contributed by atoms with E-state index in [0.29, 0.717) is 11.3 Å². The molecule has 0 radical (unpaired) electrons.